The molecule has 3 aromatic rings. The quantitative estimate of drug-likeness (QED) is 0.0541. The van der Waals surface area contributed by atoms with Crippen molar-refractivity contribution in [1.82, 2.24) is 10.0 Å². The number of Topliss-reactive ketones (excluding diaryl/α,β-unsaturated/α-hetero) is 1. The van der Waals surface area contributed by atoms with E-state index in [1.807, 2.05) is 17.7 Å². The van der Waals surface area contributed by atoms with Crippen molar-refractivity contribution in [3.8, 4) is 16.9 Å². The van der Waals surface area contributed by atoms with Crippen molar-refractivity contribution in [3.05, 3.63) is 58.1 Å². The predicted molar refractivity (Wildman–Crippen MR) is 173 cm³/mol. The van der Waals surface area contributed by atoms with E-state index >= 15 is 4.39 Å². The summed E-state index contributed by atoms with van der Waals surface area (Å²) in [4.78, 5) is 47.2. The number of nitrogen functional groups attached to an aromatic ring is 1. The molecule has 264 valence electrons. The lowest BCUT2D eigenvalue weighted by Gasteiger charge is -2.50. The van der Waals surface area contributed by atoms with E-state index in [0.29, 0.717) is 17.2 Å². The maximum atomic E-state index is 15.1. The van der Waals surface area contributed by atoms with E-state index in [0.717, 1.165) is 35.9 Å². The molecule has 4 rings (SSSR count). The summed E-state index contributed by atoms with van der Waals surface area (Å²) in [5, 5.41) is 13.8. The number of oxime groups is 1. The van der Waals surface area contributed by atoms with Crippen LogP contribution in [0.25, 0.3) is 11.1 Å². The number of halogens is 2. The van der Waals surface area contributed by atoms with Crippen molar-refractivity contribution in [3.63, 3.8) is 0 Å². The van der Waals surface area contributed by atoms with Gasteiger partial charge in [0, 0.05) is 36.1 Å². The van der Waals surface area contributed by atoms with E-state index in [1.165, 1.54) is 26.0 Å². The number of carboxylic acids is 1. The van der Waals surface area contributed by atoms with Gasteiger partial charge in [-0.2, -0.15) is 13.5 Å². The van der Waals surface area contributed by atoms with Gasteiger partial charge >= 0.3 is 16.4 Å². The number of nitrogens with two attached hydrogens (primary N) is 2. The Balaban J connectivity index is 1.50. The van der Waals surface area contributed by atoms with Gasteiger partial charge in [-0.05, 0) is 45.0 Å². The van der Waals surface area contributed by atoms with Crippen LogP contribution in [0.3, 0.4) is 0 Å². The number of rotatable bonds is 16. The Bertz CT molecular complexity index is 1910. The molecule has 0 spiro atoms. The number of hydrogen-bond donors (Lipinski definition) is 4. The number of hydroxylamine groups is 2. The van der Waals surface area contributed by atoms with Crippen LogP contribution in [-0.2, 0) is 47.4 Å². The number of carbonyl (C=O) groups excluding carboxylic acids is 2. The highest BCUT2D eigenvalue weighted by Gasteiger charge is 2.57. The average molecular weight is 744 g/mol. The highest BCUT2D eigenvalue weighted by atomic mass is 35.5. The lowest BCUT2D eigenvalue weighted by Crippen LogP contribution is -2.68. The molecule has 2 atom stereocenters. The van der Waals surface area contributed by atoms with Crippen LogP contribution in [0.2, 0.25) is 4.34 Å². The number of thiazole rings is 1. The Morgan fingerprint density at radius 1 is 1.29 bits per heavy atom. The molecule has 1 amide bonds. The molecule has 0 aliphatic carbocycles. The molecule has 0 saturated carbocycles. The number of amides is 1. The molecule has 16 nitrogen and oxygen atoms in total. The van der Waals surface area contributed by atoms with E-state index in [-0.39, 0.29) is 26.5 Å². The number of benzene rings is 1. The summed E-state index contributed by atoms with van der Waals surface area (Å²) in [6.45, 7) is 2.64. The first-order valence-corrected chi connectivity index (χ1v) is 17.0. The lowest BCUT2D eigenvalue weighted by atomic mass is 9.74. The third-order valence-electron chi connectivity index (χ3n) is 7.60. The first-order chi connectivity index (χ1) is 22.9. The number of nitrogens with zero attached hydrogens (tertiary/aromatic N) is 4. The Morgan fingerprint density at radius 3 is 2.55 bits per heavy atom. The van der Waals surface area contributed by atoms with Gasteiger partial charge in [0.1, 0.15) is 35.3 Å². The van der Waals surface area contributed by atoms with Gasteiger partial charge < -0.3 is 26.1 Å². The van der Waals surface area contributed by atoms with Gasteiger partial charge in [0.2, 0.25) is 0 Å². The molecule has 1 fully saturated rings. The number of hydrogen-bond acceptors (Lipinski definition) is 13. The molecular weight excluding hydrogens is 711 g/mol. The molecule has 1 aliphatic heterocycles. The third-order valence-corrected chi connectivity index (χ3v) is 9.02. The van der Waals surface area contributed by atoms with Gasteiger partial charge in [0.15, 0.2) is 28.5 Å². The molecule has 20 heteroatoms. The zero-order valence-electron chi connectivity index (χ0n) is 26.3. The summed E-state index contributed by atoms with van der Waals surface area (Å²) in [5.74, 6) is -5.19. The SMILES string of the molecule is C[n+]1cc(-c2ccc(OCC(O/N=C(\C(=O)C[C@@H]3C(=O)N(OS(=O)(=O)O)C3(C)C)c3nc(N)sc3Cl)C(=O)O)cc2F)ccc1CCCN. The van der Waals surface area contributed by atoms with E-state index in [9.17, 15) is 27.9 Å². The van der Waals surface area contributed by atoms with E-state index in [1.54, 1.807) is 12.3 Å². The van der Waals surface area contributed by atoms with Crippen molar-refractivity contribution >= 4 is 61.8 Å². The number of carboxylic acid groups (broad SMARTS) is 1. The molecule has 1 saturated heterocycles. The van der Waals surface area contributed by atoms with Gasteiger partial charge in [-0.1, -0.05) is 28.1 Å². The Labute approximate surface area is 288 Å². The molecule has 0 radical (unpaired) electrons. The second-order valence-corrected chi connectivity index (χ2v) is 14.0. The molecule has 3 heterocycles. The number of pyridine rings is 1. The number of ether oxygens (including phenoxy) is 1. The predicted octanol–water partition coefficient (Wildman–Crippen LogP) is 2.08. The van der Waals surface area contributed by atoms with Gasteiger partial charge in [-0.15, -0.1) is 4.28 Å². The number of aryl methyl sites for hydroxylation is 2. The standard InChI is InChI=1S/C29H32ClFN6O10S2/c1-29(2)19(26(39)37(29)47-49(42,43)44)12-21(38)23(24-25(30)48-28(33)34-24)35-46-22(27(40)41)14-45-17-8-9-18(20(31)11-17)15-6-7-16(5-4-10-32)36(3)13-15/h6-9,11,13,19,22H,4-5,10,12,14,32H2,1-3H3,(H3-,33,34,40,41,42,43,44)/p+1/b35-23+/t19-,22?/m1/s1. The van der Waals surface area contributed by atoms with Crippen LogP contribution < -0.4 is 20.8 Å². The van der Waals surface area contributed by atoms with Crippen LogP contribution in [-0.4, -0.2) is 76.3 Å². The molecule has 1 unspecified atom stereocenters. The molecular formula is C29H33ClFN6O10S2+. The summed E-state index contributed by atoms with van der Waals surface area (Å²) in [7, 11) is -3.19. The molecule has 6 N–H and O–H groups in total. The summed E-state index contributed by atoms with van der Waals surface area (Å²) in [6, 6.07) is 7.67. The fraction of sp³-hybridized carbons (Fsp3) is 0.379. The molecule has 49 heavy (non-hydrogen) atoms. The zero-order chi connectivity index (χ0) is 36.3. The van der Waals surface area contributed by atoms with Crippen LogP contribution in [0.5, 0.6) is 5.75 Å². The number of ketones is 1. The summed E-state index contributed by atoms with van der Waals surface area (Å²) >= 11 is 6.98. The van der Waals surface area contributed by atoms with E-state index in [2.05, 4.69) is 14.4 Å². The Morgan fingerprint density at radius 2 is 2.00 bits per heavy atom. The second kappa shape index (κ2) is 15.1. The van der Waals surface area contributed by atoms with Gasteiger partial charge in [0.05, 0.1) is 11.5 Å². The van der Waals surface area contributed by atoms with Crippen LogP contribution in [0, 0.1) is 11.7 Å². The third kappa shape index (κ3) is 8.86. The highest BCUT2D eigenvalue weighted by molar-refractivity contribution is 7.80. The van der Waals surface area contributed by atoms with Gasteiger partial charge in [0.25, 0.3) is 12.0 Å². The molecule has 1 aliphatic rings. The lowest BCUT2D eigenvalue weighted by molar-refractivity contribution is -0.678. The van der Waals surface area contributed by atoms with Crippen molar-refractivity contribution in [2.75, 3.05) is 18.9 Å². The minimum atomic E-state index is -5.03. The van der Waals surface area contributed by atoms with Gasteiger partial charge in [-0.3, -0.25) is 14.1 Å². The first-order valence-electron chi connectivity index (χ1n) is 14.5. The fourth-order valence-corrected chi connectivity index (χ4v) is 6.32. The number of aliphatic carboxylic acids is 1. The van der Waals surface area contributed by atoms with E-state index < -0.39 is 70.2 Å². The van der Waals surface area contributed by atoms with Crippen molar-refractivity contribution in [2.45, 2.75) is 44.8 Å². The Hall–Kier alpha value is -4.27. The maximum Gasteiger partial charge on any atom is 0.418 e. The zero-order valence-corrected chi connectivity index (χ0v) is 28.7. The minimum Gasteiger partial charge on any atom is -0.489 e. The van der Waals surface area contributed by atoms with Crippen LogP contribution in [0.1, 0.15) is 38.1 Å². The van der Waals surface area contributed by atoms with Gasteiger partial charge in [-0.25, -0.2) is 18.7 Å². The second-order valence-electron chi connectivity index (χ2n) is 11.4. The average Bonchev–Trinajstić information content (AvgIpc) is 3.35. The topological polar surface area (TPSA) is 238 Å². The molecule has 0 bridgehead atoms. The molecule has 2 aromatic heterocycles. The van der Waals surface area contributed by atoms with Crippen molar-refractivity contribution < 1.29 is 55.3 Å². The normalized spacial score (nSPS) is 16.6. The van der Waals surface area contributed by atoms with Crippen molar-refractivity contribution in [1.29, 1.82) is 0 Å². The highest BCUT2D eigenvalue weighted by Crippen LogP contribution is 2.41. The Kier molecular flexibility index (Phi) is 11.6. The summed E-state index contributed by atoms with van der Waals surface area (Å²) in [6.07, 6.45) is 0.944. The number of aromatic nitrogens is 2. The largest absolute Gasteiger partial charge is 0.489 e. The van der Waals surface area contributed by atoms with Crippen molar-refractivity contribution in [2.24, 2.45) is 23.9 Å². The molecule has 1 aromatic carbocycles. The monoisotopic (exact) mass is 743 g/mol. The van der Waals surface area contributed by atoms with Crippen LogP contribution in [0.4, 0.5) is 9.52 Å². The summed E-state index contributed by atoms with van der Waals surface area (Å²) < 4.78 is 58.0. The smallest absolute Gasteiger partial charge is 0.418 e. The number of β-lactam (4-membered cyclic amide) rings is 1. The maximum absolute atomic E-state index is 15.1. The first kappa shape index (κ1) is 37.5. The number of anilines is 1. The fourth-order valence-electron chi connectivity index (χ4n) is 4.93. The minimum absolute atomic E-state index is 0.0157. The number of carbonyl (C=O) groups is 3. The van der Waals surface area contributed by atoms with Crippen LogP contribution >= 0.6 is 22.9 Å². The van der Waals surface area contributed by atoms with Crippen LogP contribution in [0.15, 0.2) is 41.7 Å². The summed E-state index contributed by atoms with van der Waals surface area (Å²) in [5.41, 5.74) is 11.0. The van der Waals surface area contributed by atoms with E-state index in [4.69, 9.17) is 37.2 Å².